The second kappa shape index (κ2) is 7.04. The number of benzene rings is 1. The van der Waals surface area contributed by atoms with Crippen molar-refractivity contribution >= 4 is 17.5 Å². The SMILES string of the molecule is Cc1cccc(N(CCCN)c2ccnc(N(C)C)n2)c1. The van der Waals surface area contributed by atoms with Crippen LogP contribution in [-0.4, -0.2) is 37.2 Å². The van der Waals surface area contributed by atoms with Crippen molar-refractivity contribution in [2.75, 3.05) is 37.0 Å². The van der Waals surface area contributed by atoms with Crippen LogP contribution in [-0.2, 0) is 0 Å². The minimum absolute atomic E-state index is 0.661. The molecule has 0 amide bonds. The molecular formula is C16H23N5. The molecule has 0 bridgehead atoms. The average molecular weight is 285 g/mol. The van der Waals surface area contributed by atoms with Gasteiger partial charge in [0, 0.05) is 32.5 Å². The van der Waals surface area contributed by atoms with Crippen molar-refractivity contribution in [1.82, 2.24) is 9.97 Å². The Balaban J connectivity index is 2.37. The minimum atomic E-state index is 0.661. The maximum atomic E-state index is 5.67. The van der Waals surface area contributed by atoms with Crippen molar-refractivity contribution in [3.63, 3.8) is 0 Å². The summed E-state index contributed by atoms with van der Waals surface area (Å²) in [7, 11) is 3.88. The number of aromatic nitrogens is 2. The van der Waals surface area contributed by atoms with Crippen LogP contribution in [0.15, 0.2) is 36.5 Å². The van der Waals surface area contributed by atoms with E-state index in [4.69, 9.17) is 5.73 Å². The summed E-state index contributed by atoms with van der Waals surface area (Å²) < 4.78 is 0. The van der Waals surface area contributed by atoms with Crippen molar-refractivity contribution < 1.29 is 0 Å². The molecule has 0 fully saturated rings. The molecule has 1 aromatic carbocycles. The molecule has 2 N–H and O–H groups in total. The lowest BCUT2D eigenvalue weighted by atomic mass is 10.2. The molecule has 5 nitrogen and oxygen atoms in total. The highest BCUT2D eigenvalue weighted by Crippen LogP contribution is 2.25. The lowest BCUT2D eigenvalue weighted by Crippen LogP contribution is -2.23. The summed E-state index contributed by atoms with van der Waals surface area (Å²) in [5.41, 5.74) is 8.03. The average Bonchev–Trinajstić information content (AvgIpc) is 2.48. The van der Waals surface area contributed by atoms with Gasteiger partial charge in [0.15, 0.2) is 0 Å². The molecule has 0 saturated carbocycles. The van der Waals surface area contributed by atoms with E-state index in [0.29, 0.717) is 12.5 Å². The van der Waals surface area contributed by atoms with Crippen molar-refractivity contribution in [3.8, 4) is 0 Å². The van der Waals surface area contributed by atoms with Crippen LogP contribution < -0.4 is 15.5 Å². The first-order chi connectivity index (χ1) is 10.1. The fourth-order valence-electron chi connectivity index (χ4n) is 2.13. The van der Waals surface area contributed by atoms with E-state index in [1.54, 1.807) is 6.20 Å². The van der Waals surface area contributed by atoms with Gasteiger partial charge in [-0.1, -0.05) is 12.1 Å². The van der Waals surface area contributed by atoms with Gasteiger partial charge in [0.1, 0.15) is 5.82 Å². The Hall–Kier alpha value is -2.14. The molecule has 0 unspecified atom stereocenters. The third-order valence-corrected chi connectivity index (χ3v) is 3.20. The summed E-state index contributed by atoms with van der Waals surface area (Å²) in [6.07, 6.45) is 2.71. The summed E-state index contributed by atoms with van der Waals surface area (Å²) in [5, 5.41) is 0. The number of rotatable bonds is 6. The number of nitrogens with two attached hydrogens (primary N) is 1. The van der Waals surface area contributed by atoms with Crippen LogP contribution in [0.25, 0.3) is 0 Å². The topological polar surface area (TPSA) is 58.3 Å². The molecule has 0 spiro atoms. The molecule has 0 radical (unpaired) electrons. The van der Waals surface area contributed by atoms with Gasteiger partial charge >= 0.3 is 0 Å². The van der Waals surface area contributed by atoms with Crippen LogP contribution in [0.4, 0.5) is 17.5 Å². The normalized spacial score (nSPS) is 10.5. The Bertz CT molecular complexity index is 582. The summed E-state index contributed by atoms with van der Waals surface area (Å²) in [5.74, 6) is 1.60. The zero-order chi connectivity index (χ0) is 15.2. The Labute approximate surface area is 126 Å². The van der Waals surface area contributed by atoms with Gasteiger partial charge in [-0.15, -0.1) is 0 Å². The maximum absolute atomic E-state index is 5.67. The third kappa shape index (κ3) is 3.92. The first-order valence-corrected chi connectivity index (χ1v) is 7.16. The lowest BCUT2D eigenvalue weighted by molar-refractivity contribution is 0.806. The van der Waals surface area contributed by atoms with Gasteiger partial charge in [-0.25, -0.2) is 4.98 Å². The largest absolute Gasteiger partial charge is 0.347 e. The Morgan fingerprint density at radius 2 is 2.00 bits per heavy atom. The van der Waals surface area contributed by atoms with Crippen LogP contribution in [0, 0.1) is 6.92 Å². The van der Waals surface area contributed by atoms with E-state index >= 15 is 0 Å². The highest BCUT2D eigenvalue weighted by Gasteiger charge is 2.12. The standard InChI is InChI=1S/C16H23N5/c1-13-6-4-7-14(12-13)21(11-5-9-17)15-8-10-18-16(19-15)20(2)3/h4,6-8,10,12H,5,9,11,17H2,1-3H3. The fourth-order valence-corrected chi connectivity index (χ4v) is 2.13. The van der Waals surface area contributed by atoms with E-state index in [-0.39, 0.29) is 0 Å². The first kappa shape index (κ1) is 15.3. The van der Waals surface area contributed by atoms with Gasteiger partial charge < -0.3 is 15.5 Å². The summed E-state index contributed by atoms with van der Waals surface area (Å²) in [6, 6.07) is 10.4. The van der Waals surface area contributed by atoms with Gasteiger partial charge in [-0.2, -0.15) is 4.98 Å². The van der Waals surface area contributed by atoms with Gasteiger partial charge in [0.2, 0.25) is 5.95 Å². The van der Waals surface area contributed by atoms with Gasteiger partial charge in [0.05, 0.1) is 0 Å². The maximum Gasteiger partial charge on any atom is 0.226 e. The highest BCUT2D eigenvalue weighted by molar-refractivity contribution is 5.61. The molecule has 0 aliphatic heterocycles. The van der Waals surface area contributed by atoms with E-state index in [0.717, 1.165) is 24.5 Å². The zero-order valence-electron chi connectivity index (χ0n) is 13.0. The predicted molar refractivity (Wildman–Crippen MR) is 88.2 cm³/mol. The van der Waals surface area contributed by atoms with Crippen LogP contribution in [0.2, 0.25) is 0 Å². The van der Waals surface area contributed by atoms with Gasteiger partial charge in [-0.3, -0.25) is 0 Å². The van der Waals surface area contributed by atoms with Crippen LogP contribution in [0.1, 0.15) is 12.0 Å². The number of aryl methyl sites for hydroxylation is 1. The summed E-state index contributed by atoms with van der Waals surface area (Å²) in [4.78, 5) is 13.0. The van der Waals surface area contributed by atoms with Crippen molar-refractivity contribution in [1.29, 1.82) is 0 Å². The third-order valence-electron chi connectivity index (χ3n) is 3.20. The second-order valence-electron chi connectivity index (χ2n) is 5.24. The lowest BCUT2D eigenvalue weighted by Gasteiger charge is -2.25. The molecule has 0 aliphatic carbocycles. The van der Waals surface area contributed by atoms with E-state index in [2.05, 4.69) is 46.1 Å². The molecular weight excluding hydrogens is 262 g/mol. The molecule has 0 saturated heterocycles. The van der Waals surface area contributed by atoms with Gasteiger partial charge in [0.25, 0.3) is 0 Å². The minimum Gasteiger partial charge on any atom is -0.347 e. The van der Waals surface area contributed by atoms with Crippen molar-refractivity contribution in [3.05, 3.63) is 42.1 Å². The predicted octanol–water partition coefficient (Wildman–Crippen LogP) is 2.34. The number of anilines is 3. The van der Waals surface area contributed by atoms with E-state index in [1.807, 2.05) is 25.1 Å². The van der Waals surface area contributed by atoms with Crippen LogP contribution >= 0.6 is 0 Å². The molecule has 1 heterocycles. The number of hydrogen-bond donors (Lipinski definition) is 1. The number of nitrogens with zero attached hydrogens (tertiary/aromatic N) is 4. The quantitative estimate of drug-likeness (QED) is 0.883. The van der Waals surface area contributed by atoms with E-state index < -0.39 is 0 Å². The molecule has 2 rings (SSSR count). The fraction of sp³-hybridized carbons (Fsp3) is 0.375. The smallest absolute Gasteiger partial charge is 0.226 e. The van der Waals surface area contributed by atoms with E-state index in [1.165, 1.54) is 5.56 Å². The molecule has 5 heteroatoms. The van der Waals surface area contributed by atoms with Crippen LogP contribution in [0.5, 0.6) is 0 Å². The molecule has 1 aromatic heterocycles. The van der Waals surface area contributed by atoms with Crippen molar-refractivity contribution in [2.24, 2.45) is 5.73 Å². The summed E-state index contributed by atoms with van der Waals surface area (Å²) in [6.45, 7) is 3.59. The number of hydrogen-bond acceptors (Lipinski definition) is 5. The second-order valence-corrected chi connectivity index (χ2v) is 5.24. The van der Waals surface area contributed by atoms with Crippen LogP contribution in [0.3, 0.4) is 0 Å². The zero-order valence-corrected chi connectivity index (χ0v) is 13.0. The Morgan fingerprint density at radius 3 is 2.67 bits per heavy atom. The molecule has 0 atom stereocenters. The molecule has 21 heavy (non-hydrogen) atoms. The molecule has 112 valence electrons. The molecule has 2 aromatic rings. The van der Waals surface area contributed by atoms with Gasteiger partial charge in [-0.05, 0) is 43.7 Å². The Morgan fingerprint density at radius 1 is 1.19 bits per heavy atom. The Kier molecular flexibility index (Phi) is 5.11. The van der Waals surface area contributed by atoms with E-state index in [9.17, 15) is 0 Å². The van der Waals surface area contributed by atoms with Crippen molar-refractivity contribution in [2.45, 2.75) is 13.3 Å². The monoisotopic (exact) mass is 285 g/mol. The highest BCUT2D eigenvalue weighted by atomic mass is 15.3. The first-order valence-electron chi connectivity index (χ1n) is 7.16. The molecule has 0 aliphatic rings. The summed E-state index contributed by atoms with van der Waals surface area (Å²) >= 11 is 0.